The smallest absolute Gasteiger partial charge is 0.357 e. The Bertz CT molecular complexity index is 1090. The number of thiazole rings is 1. The summed E-state index contributed by atoms with van der Waals surface area (Å²) in [6, 6.07) is 10.5. The van der Waals surface area contributed by atoms with E-state index in [1.165, 1.54) is 23.5 Å². The molecule has 2 aromatic carbocycles. The minimum absolute atomic E-state index is 0.00494. The molecule has 0 spiro atoms. The zero-order chi connectivity index (χ0) is 22.2. The maximum atomic E-state index is 12.7. The maximum absolute atomic E-state index is 12.7. The van der Waals surface area contributed by atoms with Gasteiger partial charge in [0.15, 0.2) is 5.13 Å². The third-order valence-corrected chi connectivity index (χ3v) is 6.24. The molecule has 9 heteroatoms. The number of nitrogens with zero attached hydrogens (tertiary/aromatic N) is 1. The van der Waals surface area contributed by atoms with Crippen molar-refractivity contribution in [2.45, 2.75) is 38.0 Å². The second kappa shape index (κ2) is 8.32. The number of halogens is 3. The number of anilines is 2. The monoisotopic (exact) mass is 446 g/mol. The summed E-state index contributed by atoms with van der Waals surface area (Å²) in [5.74, 6) is -0.00494. The molecule has 1 amide bonds. The number of nitrogens with two attached hydrogens (primary N) is 1. The van der Waals surface area contributed by atoms with Crippen LogP contribution in [0.15, 0.2) is 48.7 Å². The van der Waals surface area contributed by atoms with E-state index in [0.717, 1.165) is 39.4 Å². The first-order valence-electron chi connectivity index (χ1n) is 9.76. The Hall–Kier alpha value is -2.91. The van der Waals surface area contributed by atoms with E-state index >= 15 is 0 Å². The summed E-state index contributed by atoms with van der Waals surface area (Å²) in [6.45, 7) is 1.92. The lowest BCUT2D eigenvalue weighted by Gasteiger charge is -2.21. The van der Waals surface area contributed by atoms with Crippen LogP contribution in [0.5, 0.6) is 0 Å². The third-order valence-electron chi connectivity index (χ3n) is 5.27. The van der Waals surface area contributed by atoms with Crippen LogP contribution in [0.3, 0.4) is 0 Å². The van der Waals surface area contributed by atoms with Crippen molar-refractivity contribution >= 4 is 28.1 Å². The van der Waals surface area contributed by atoms with E-state index in [4.69, 9.17) is 5.73 Å². The van der Waals surface area contributed by atoms with Crippen molar-refractivity contribution in [3.8, 4) is 10.4 Å². The van der Waals surface area contributed by atoms with Crippen LogP contribution in [-0.4, -0.2) is 23.0 Å². The number of rotatable bonds is 6. The third kappa shape index (κ3) is 4.88. The number of hydrogen-bond acceptors (Lipinski definition) is 5. The van der Waals surface area contributed by atoms with Gasteiger partial charge in [-0.15, -0.1) is 0 Å². The van der Waals surface area contributed by atoms with Gasteiger partial charge < -0.3 is 16.4 Å². The van der Waals surface area contributed by atoms with Gasteiger partial charge in [0, 0.05) is 24.0 Å². The SMILES string of the molecule is C[C@H](Nc1ncc(-c2ccc3c(c2)CC(=O)N3)s1)[C@H](N)Cc1ccc(C(F)(F)F)cc1. The second-order valence-corrected chi connectivity index (χ2v) is 8.65. The standard InChI is InChI=1S/C22H21F3N4OS/c1-12(17(26)8-13-2-5-16(6-3-13)22(23,24)25)28-21-27-11-19(31-21)14-4-7-18-15(9-14)10-20(30)29-18/h2-7,9,11-12,17H,8,10,26H2,1H3,(H,27,28)(H,29,30)/t12-,17+/m0/s1. The Morgan fingerprint density at radius 1 is 1.23 bits per heavy atom. The minimum Gasteiger partial charge on any atom is -0.357 e. The van der Waals surface area contributed by atoms with Crippen molar-refractivity contribution in [1.82, 2.24) is 4.98 Å². The van der Waals surface area contributed by atoms with Crippen LogP contribution in [0.1, 0.15) is 23.6 Å². The van der Waals surface area contributed by atoms with Crippen LogP contribution in [0.4, 0.5) is 24.0 Å². The lowest BCUT2D eigenvalue weighted by molar-refractivity contribution is -0.137. The van der Waals surface area contributed by atoms with Gasteiger partial charge >= 0.3 is 6.18 Å². The van der Waals surface area contributed by atoms with Gasteiger partial charge in [-0.1, -0.05) is 29.5 Å². The van der Waals surface area contributed by atoms with Crippen molar-refractivity contribution in [3.63, 3.8) is 0 Å². The number of hydrogen-bond donors (Lipinski definition) is 3. The van der Waals surface area contributed by atoms with Gasteiger partial charge in [0.2, 0.25) is 5.91 Å². The number of amides is 1. The second-order valence-electron chi connectivity index (χ2n) is 7.62. The molecular weight excluding hydrogens is 425 g/mol. The summed E-state index contributed by atoms with van der Waals surface area (Å²) in [4.78, 5) is 16.9. The Kier molecular flexibility index (Phi) is 5.72. The Balaban J connectivity index is 1.38. The lowest BCUT2D eigenvalue weighted by Crippen LogP contribution is -2.39. The van der Waals surface area contributed by atoms with Crippen molar-refractivity contribution < 1.29 is 18.0 Å². The zero-order valence-electron chi connectivity index (χ0n) is 16.7. The fourth-order valence-electron chi connectivity index (χ4n) is 3.44. The van der Waals surface area contributed by atoms with Crippen LogP contribution < -0.4 is 16.4 Å². The van der Waals surface area contributed by atoms with E-state index in [2.05, 4.69) is 15.6 Å². The van der Waals surface area contributed by atoms with E-state index in [9.17, 15) is 18.0 Å². The molecule has 0 saturated heterocycles. The first kappa shape index (κ1) is 21.3. The zero-order valence-corrected chi connectivity index (χ0v) is 17.5. The molecule has 4 rings (SSSR count). The Morgan fingerprint density at radius 3 is 2.68 bits per heavy atom. The predicted molar refractivity (Wildman–Crippen MR) is 116 cm³/mol. The van der Waals surface area contributed by atoms with Crippen molar-refractivity contribution in [3.05, 3.63) is 65.4 Å². The first-order chi connectivity index (χ1) is 14.7. The molecular formula is C22H21F3N4OS. The number of carbonyl (C=O) groups excluding carboxylic acids is 1. The average molecular weight is 446 g/mol. The van der Waals surface area contributed by atoms with Gasteiger partial charge in [0.05, 0.1) is 16.9 Å². The number of nitrogens with one attached hydrogen (secondary N) is 2. The quantitative estimate of drug-likeness (QED) is 0.513. The normalized spacial score (nSPS) is 15.3. The number of benzene rings is 2. The van der Waals surface area contributed by atoms with E-state index in [1.54, 1.807) is 6.20 Å². The number of aromatic nitrogens is 1. The highest BCUT2D eigenvalue weighted by atomic mass is 32.1. The van der Waals surface area contributed by atoms with E-state index in [1.807, 2.05) is 25.1 Å². The molecule has 4 N–H and O–H groups in total. The van der Waals surface area contributed by atoms with Gasteiger partial charge in [-0.25, -0.2) is 4.98 Å². The van der Waals surface area contributed by atoms with Gasteiger partial charge in [-0.3, -0.25) is 4.79 Å². The topological polar surface area (TPSA) is 80.0 Å². The summed E-state index contributed by atoms with van der Waals surface area (Å²) in [7, 11) is 0. The largest absolute Gasteiger partial charge is 0.416 e. The average Bonchev–Trinajstić information content (AvgIpc) is 3.32. The van der Waals surface area contributed by atoms with Gasteiger partial charge in [0.25, 0.3) is 0 Å². The van der Waals surface area contributed by atoms with Crippen molar-refractivity contribution in [2.75, 3.05) is 10.6 Å². The van der Waals surface area contributed by atoms with Gasteiger partial charge in [-0.2, -0.15) is 13.2 Å². The number of fused-ring (bicyclic) bond motifs is 1. The van der Waals surface area contributed by atoms with E-state index in [-0.39, 0.29) is 18.0 Å². The first-order valence-corrected chi connectivity index (χ1v) is 10.6. The van der Waals surface area contributed by atoms with Crippen LogP contribution >= 0.6 is 11.3 Å². The summed E-state index contributed by atoms with van der Waals surface area (Å²) < 4.78 is 38.1. The molecule has 1 aliphatic rings. The highest BCUT2D eigenvalue weighted by Gasteiger charge is 2.30. The highest BCUT2D eigenvalue weighted by Crippen LogP contribution is 2.34. The molecule has 2 heterocycles. The number of carbonyl (C=O) groups is 1. The highest BCUT2D eigenvalue weighted by molar-refractivity contribution is 7.18. The van der Waals surface area contributed by atoms with E-state index in [0.29, 0.717) is 18.0 Å². The maximum Gasteiger partial charge on any atom is 0.416 e. The summed E-state index contributed by atoms with van der Waals surface area (Å²) in [6.07, 6.45) is -1.75. The summed E-state index contributed by atoms with van der Waals surface area (Å²) in [5.41, 5.74) is 9.15. The molecule has 0 bridgehead atoms. The molecule has 3 aromatic rings. The molecule has 2 atom stereocenters. The van der Waals surface area contributed by atoms with E-state index < -0.39 is 11.7 Å². The van der Waals surface area contributed by atoms with Crippen LogP contribution in [0.25, 0.3) is 10.4 Å². The lowest BCUT2D eigenvalue weighted by atomic mass is 10.0. The predicted octanol–water partition coefficient (Wildman–Crippen LogP) is 4.69. The van der Waals surface area contributed by atoms with Crippen LogP contribution in [0, 0.1) is 0 Å². The minimum atomic E-state index is -4.34. The molecule has 1 aromatic heterocycles. The molecule has 5 nitrogen and oxygen atoms in total. The van der Waals surface area contributed by atoms with Crippen LogP contribution in [-0.2, 0) is 23.8 Å². The van der Waals surface area contributed by atoms with Gasteiger partial charge in [-0.05, 0) is 54.3 Å². The molecule has 31 heavy (non-hydrogen) atoms. The Morgan fingerprint density at radius 2 is 1.97 bits per heavy atom. The number of alkyl halides is 3. The van der Waals surface area contributed by atoms with Crippen molar-refractivity contribution in [1.29, 1.82) is 0 Å². The molecule has 162 valence electrons. The van der Waals surface area contributed by atoms with Crippen molar-refractivity contribution in [2.24, 2.45) is 5.73 Å². The molecule has 0 fully saturated rings. The fraction of sp³-hybridized carbons (Fsp3) is 0.273. The fourth-order valence-corrected chi connectivity index (χ4v) is 4.35. The van der Waals surface area contributed by atoms with Crippen LogP contribution in [0.2, 0.25) is 0 Å². The molecule has 0 aliphatic carbocycles. The molecule has 0 unspecified atom stereocenters. The molecule has 0 radical (unpaired) electrons. The summed E-state index contributed by atoms with van der Waals surface area (Å²) >= 11 is 1.48. The summed E-state index contributed by atoms with van der Waals surface area (Å²) in [5, 5.41) is 6.81. The molecule has 0 saturated carbocycles. The molecule has 1 aliphatic heterocycles. The Labute approximate surface area is 181 Å². The van der Waals surface area contributed by atoms with Gasteiger partial charge in [0.1, 0.15) is 0 Å².